The van der Waals surface area contributed by atoms with Crippen LogP contribution >= 0.6 is 0 Å². The molecule has 6 nitrogen and oxygen atoms in total. The van der Waals surface area contributed by atoms with Gasteiger partial charge in [-0.2, -0.15) is 5.10 Å². The van der Waals surface area contributed by atoms with Gasteiger partial charge in [-0.25, -0.2) is 9.67 Å². The van der Waals surface area contributed by atoms with Crippen LogP contribution in [0.3, 0.4) is 0 Å². The van der Waals surface area contributed by atoms with E-state index in [1.165, 1.54) is 0 Å². The molecule has 2 aromatic heterocycles. The van der Waals surface area contributed by atoms with Crippen LogP contribution < -0.4 is 11.3 Å². The smallest absolute Gasteiger partial charge is 0.264 e. The second kappa shape index (κ2) is 5.09. The Morgan fingerprint density at radius 1 is 1.41 bits per heavy atom. The van der Waals surface area contributed by atoms with Crippen LogP contribution in [0.25, 0.3) is 11.0 Å². The topological polar surface area (TPSA) is 78.7 Å². The van der Waals surface area contributed by atoms with Crippen molar-refractivity contribution in [1.29, 1.82) is 0 Å². The summed E-state index contributed by atoms with van der Waals surface area (Å²) in [7, 11) is 0. The molecule has 6 heteroatoms. The van der Waals surface area contributed by atoms with Crippen LogP contribution in [0.1, 0.15) is 19.8 Å². The maximum atomic E-state index is 12.1. The van der Waals surface area contributed by atoms with Crippen molar-refractivity contribution in [3.8, 4) is 0 Å². The second-order valence-corrected chi connectivity index (χ2v) is 3.99. The summed E-state index contributed by atoms with van der Waals surface area (Å²) in [6, 6.07) is 0. The Morgan fingerprint density at radius 3 is 2.94 bits per heavy atom. The molecule has 0 aliphatic rings. The van der Waals surface area contributed by atoms with E-state index in [2.05, 4.69) is 17.0 Å². The van der Waals surface area contributed by atoms with Gasteiger partial charge in [-0.15, -0.1) is 0 Å². The van der Waals surface area contributed by atoms with Crippen LogP contribution in [-0.4, -0.2) is 25.9 Å². The molecule has 0 bridgehead atoms. The summed E-state index contributed by atoms with van der Waals surface area (Å²) in [5.41, 5.74) is 6.07. The Kier molecular flexibility index (Phi) is 3.53. The number of fused-ring (bicyclic) bond motifs is 1. The molecular weight excluding hydrogens is 218 g/mol. The van der Waals surface area contributed by atoms with Crippen LogP contribution in [0.5, 0.6) is 0 Å². The largest absolute Gasteiger partial charge is 0.329 e. The van der Waals surface area contributed by atoms with Crippen molar-refractivity contribution in [3.05, 3.63) is 22.9 Å². The van der Waals surface area contributed by atoms with E-state index in [0.717, 1.165) is 12.8 Å². The fourth-order valence-corrected chi connectivity index (χ4v) is 1.77. The summed E-state index contributed by atoms with van der Waals surface area (Å²) < 4.78 is 3.31. The van der Waals surface area contributed by atoms with E-state index in [0.29, 0.717) is 30.7 Å². The number of hydrogen-bond donors (Lipinski definition) is 1. The van der Waals surface area contributed by atoms with Gasteiger partial charge in [0.1, 0.15) is 5.39 Å². The SMILES string of the molecule is CCCCn1cnc2c(cnn2CCN)c1=O. The summed E-state index contributed by atoms with van der Waals surface area (Å²) in [6.45, 7) is 3.86. The minimum atomic E-state index is -0.0216. The fraction of sp³-hybridized carbons (Fsp3) is 0.545. The molecule has 0 atom stereocenters. The first kappa shape index (κ1) is 11.8. The monoisotopic (exact) mass is 235 g/mol. The van der Waals surface area contributed by atoms with Crippen molar-refractivity contribution in [2.45, 2.75) is 32.9 Å². The molecule has 2 N–H and O–H groups in total. The lowest BCUT2D eigenvalue weighted by molar-refractivity contribution is 0.603. The molecule has 0 radical (unpaired) electrons. The molecule has 92 valence electrons. The van der Waals surface area contributed by atoms with Crippen molar-refractivity contribution in [2.75, 3.05) is 6.54 Å². The van der Waals surface area contributed by atoms with Crippen molar-refractivity contribution < 1.29 is 0 Å². The molecule has 0 amide bonds. The summed E-state index contributed by atoms with van der Waals surface area (Å²) >= 11 is 0. The van der Waals surface area contributed by atoms with E-state index in [9.17, 15) is 4.79 Å². The normalized spacial score (nSPS) is 11.2. The first-order valence-electron chi connectivity index (χ1n) is 5.89. The zero-order valence-corrected chi connectivity index (χ0v) is 9.96. The number of aromatic nitrogens is 4. The van der Waals surface area contributed by atoms with Gasteiger partial charge in [0.05, 0.1) is 19.1 Å². The number of nitrogens with zero attached hydrogens (tertiary/aromatic N) is 4. The molecule has 0 saturated heterocycles. The Morgan fingerprint density at radius 2 is 2.24 bits per heavy atom. The number of aryl methyl sites for hydroxylation is 1. The molecule has 17 heavy (non-hydrogen) atoms. The second-order valence-electron chi connectivity index (χ2n) is 3.99. The van der Waals surface area contributed by atoms with Gasteiger partial charge in [-0.1, -0.05) is 13.3 Å². The van der Waals surface area contributed by atoms with Crippen LogP contribution in [0.15, 0.2) is 17.3 Å². The molecule has 0 aromatic carbocycles. The highest BCUT2D eigenvalue weighted by molar-refractivity contribution is 5.72. The zero-order chi connectivity index (χ0) is 12.3. The predicted molar refractivity (Wildman–Crippen MR) is 65.8 cm³/mol. The average Bonchev–Trinajstić information content (AvgIpc) is 2.73. The standard InChI is InChI=1S/C11H17N5O/c1-2-3-5-15-8-13-10-9(11(15)17)7-14-16(10)6-4-12/h7-8H,2-6,12H2,1H3. The van der Waals surface area contributed by atoms with Gasteiger partial charge in [0.15, 0.2) is 5.65 Å². The third-order valence-corrected chi connectivity index (χ3v) is 2.72. The summed E-state index contributed by atoms with van der Waals surface area (Å²) in [6.07, 6.45) is 5.19. The lowest BCUT2D eigenvalue weighted by atomic mass is 10.3. The van der Waals surface area contributed by atoms with E-state index < -0.39 is 0 Å². The number of hydrogen-bond acceptors (Lipinski definition) is 4. The highest BCUT2D eigenvalue weighted by Gasteiger charge is 2.08. The molecule has 0 aliphatic heterocycles. The molecule has 0 spiro atoms. The van der Waals surface area contributed by atoms with Gasteiger partial charge in [-0.3, -0.25) is 9.36 Å². The molecular formula is C11H17N5O. The van der Waals surface area contributed by atoms with E-state index in [-0.39, 0.29) is 5.56 Å². The summed E-state index contributed by atoms with van der Waals surface area (Å²) in [5, 5.41) is 4.69. The molecule has 0 fully saturated rings. The van der Waals surface area contributed by atoms with E-state index >= 15 is 0 Å². The van der Waals surface area contributed by atoms with Crippen LogP contribution in [0, 0.1) is 0 Å². The first-order valence-corrected chi connectivity index (χ1v) is 5.89. The Bertz CT molecular complexity index is 556. The van der Waals surface area contributed by atoms with Crippen LogP contribution in [-0.2, 0) is 13.1 Å². The lowest BCUT2D eigenvalue weighted by Crippen LogP contribution is -2.21. The molecule has 2 aromatic rings. The minimum Gasteiger partial charge on any atom is -0.329 e. The minimum absolute atomic E-state index is 0.0216. The van der Waals surface area contributed by atoms with Crippen molar-refractivity contribution in [3.63, 3.8) is 0 Å². The maximum Gasteiger partial charge on any atom is 0.264 e. The van der Waals surface area contributed by atoms with E-state index in [1.54, 1.807) is 21.8 Å². The van der Waals surface area contributed by atoms with Gasteiger partial charge >= 0.3 is 0 Å². The van der Waals surface area contributed by atoms with Crippen molar-refractivity contribution >= 4 is 11.0 Å². The molecule has 2 rings (SSSR count). The highest BCUT2D eigenvalue weighted by Crippen LogP contribution is 2.05. The van der Waals surface area contributed by atoms with Gasteiger partial charge in [0.2, 0.25) is 0 Å². The average molecular weight is 235 g/mol. The Labute approximate surface area is 99.1 Å². The van der Waals surface area contributed by atoms with E-state index in [4.69, 9.17) is 5.73 Å². The lowest BCUT2D eigenvalue weighted by Gasteiger charge is -2.04. The van der Waals surface area contributed by atoms with Crippen LogP contribution in [0.2, 0.25) is 0 Å². The fourth-order valence-electron chi connectivity index (χ4n) is 1.77. The molecule has 0 aliphatic carbocycles. The summed E-state index contributed by atoms with van der Waals surface area (Å²) in [4.78, 5) is 16.4. The molecule has 2 heterocycles. The van der Waals surface area contributed by atoms with Crippen molar-refractivity contribution in [2.24, 2.45) is 5.73 Å². The highest BCUT2D eigenvalue weighted by atomic mass is 16.1. The van der Waals surface area contributed by atoms with Gasteiger partial charge in [0.25, 0.3) is 5.56 Å². The summed E-state index contributed by atoms with van der Waals surface area (Å²) in [5.74, 6) is 0. The van der Waals surface area contributed by atoms with Gasteiger partial charge in [-0.05, 0) is 6.42 Å². The molecule has 0 saturated carbocycles. The first-order chi connectivity index (χ1) is 8.27. The van der Waals surface area contributed by atoms with Gasteiger partial charge in [0, 0.05) is 13.1 Å². The zero-order valence-electron chi connectivity index (χ0n) is 9.96. The van der Waals surface area contributed by atoms with Crippen LogP contribution in [0.4, 0.5) is 0 Å². The Hall–Kier alpha value is -1.69. The quantitative estimate of drug-likeness (QED) is 0.811. The van der Waals surface area contributed by atoms with E-state index in [1.807, 2.05) is 0 Å². The predicted octanol–water partition coefficient (Wildman–Crippen LogP) is 0.352. The maximum absolute atomic E-state index is 12.1. The number of nitrogens with two attached hydrogens (primary N) is 1. The van der Waals surface area contributed by atoms with Crippen molar-refractivity contribution in [1.82, 2.24) is 19.3 Å². The third kappa shape index (κ3) is 2.21. The van der Waals surface area contributed by atoms with Gasteiger partial charge < -0.3 is 5.73 Å². The number of unbranched alkanes of at least 4 members (excludes halogenated alkanes) is 1. The third-order valence-electron chi connectivity index (χ3n) is 2.72. The Balaban J connectivity index is 2.43. The molecule has 0 unspecified atom stereocenters. The number of rotatable bonds is 5.